The molecule has 142 valence electrons. The van der Waals surface area contributed by atoms with Gasteiger partial charge in [0.05, 0.1) is 5.69 Å². The molecule has 1 N–H and O–H groups in total. The number of aromatic nitrogens is 2. The molecule has 1 amide bonds. The minimum Gasteiger partial charge on any atom is -0.485 e. The number of halogens is 1. The largest absolute Gasteiger partial charge is 0.485 e. The van der Waals surface area contributed by atoms with Crippen LogP contribution in [0.3, 0.4) is 0 Å². The molecule has 0 bridgehead atoms. The maximum atomic E-state index is 12.3. The van der Waals surface area contributed by atoms with Crippen LogP contribution in [0.4, 0.5) is 0 Å². The highest BCUT2D eigenvalue weighted by molar-refractivity contribution is 6.30. The first-order valence-electron chi connectivity index (χ1n) is 8.75. The molecule has 0 fully saturated rings. The normalized spacial score (nSPS) is 10.8. The maximum Gasteiger partial charge on any atom is 0.287 e. The summed E-state index contributed by atoms with van der Waals surface area (Å²) in [7, 11) is 0. The predicted octanol–water partition coefficient (Wildman–Crippen LogP) is 4.28. The third kappa shape index (κ3) is 4.71. The highest BCUT2D eigenvalue weighted by Crippen LogP contribution is 2.23. The Kier molecular flexibility index (Phi) is 5.86. The highest BCUT2D eigenvalue weighted by Gasteiger charge is 2.13. The molecule has 0 spiro atoms. The lowest BCUT2D eigenvalue weighted by Gasteiger charge is -2.07. The second-order valence-corrected chi connectivity index (χ2v) is 6.68. The number of carbonyl (C=O) groups excluding carboxylic acids is 1. The van der Waals surface area contributed by atoms with E-state index >= 15 is 0 Å². The molecule has 0 atom stereocenters. The second-order valence-electron chi connectivity index (χ2n) is 6.24. The van der Waals surface area contributed by atoms with Crippen molar-refractivity contribution < 1.29 is 13.9 Å². The molecule has 0 saturated carbocycles. The highest BCUT2D eigenvalue weighted by atomic mass is 35.5. The average Bonchev–Trinajstić information content (AvgIpc) is 3.25. The molecule has 0 saturated heterocycles. The molecule has 2 heterocycles. The molecule has 0 radical (unpaired) electrons. The van der Waals surface area contributed by atoms with Crippen molar-refractivity contribution in [3.63, 3.8) is 0 Å². The monoisotopic (exact) mass is 387 g/mol. The number of hydrogen-bond acceptors (Lipinski definition) is 4. The van der Waals surface area contributed by atoms with Gasteiger partial charge in [0, 0.05) is 29.9 Å². The summed E-state index contributed by atoms with van der Waals surface area (Å²) >= 11 is 5.94. The minimum absolute atomic E-state index is 0.234. The standard InChI is InChI=1S/C20H22ClN3O3/c1-4-24-11-15(14(3)23-24)10-22-20(25)19-8-6-17(27-19)12-26-18-7-5-16(21)9-13(18)2/h5-9,11H,4,10,12H2,1-3H3,(H,22,25). The zero-order valence-electron chi connectivity index (χ0n) is 15.6. The Bertz CT molecular complexity index is 946. The summed E-state index contributed by atoms with van der Waals surface area (Å²) in [6.07, 6.45) is 1.94. The van der Waals surface area contributed by atoms with Crippen LogP contribution in [0.25, 0.3) is 0 Å². The Morgan fingerprint density at radius 1 is 1.30 bits per heavy atom. The molecule has 7 heteroatoms. The van der Waals surface area contributed by atoms with Crippen LogP contribution in [0.2, 0.25) is 5.02 Å². The Hall–Kier alpha value is -2.73. The number of amides is 1. The van der Waals surface area contributed by atoms with E-state index < -0.39 is 0 Å². The number of hydrogen-bond donors (Lipinski definition) is 1. The van der Waals surface area contributed by atoms with E-state index in [0.717, 1.165) is 29.1 Å². The van der Waals surface area contributed by atoms with Crippen molar-refractivity contribution >= 4 is 17.5 Å². The van der Waals surface area contributed by atoms with E-state index in [2.05, 4.69) is 10.4 Å². The molecule has 2 aromatic heterocycles. The van der Waals surface area contributed by atoms with Gasteiger partial charge in [0.2, 0.25) is 0 Å². The van der Waals surface area contributed by atoms with Gasteiger partial charge < -0.3 is 14.5 Å². The van der Waals surface area contributed by atoms with Crippen molar-refractivity contribution in [2.75, 3.05) is 0 Å². The summed E-state index contributed by atoms with van der Waals surface area (Å²) in [6.45, 7) is 7.30. The Labute approximate surface area is 163 Å². The van der Waals surface area contributed by atoms with Crippen LogP contribution in [-0.4, -0.2) is 15.7 Å². The predicted molar refractivity (Wildman–Crippen MR) is 103 cm³/mol. The fourth-order valence-electron chi connectivity index (χ4n) is 2.66. The molecular weight excluding hydrogens is 366 g/mol. The van der Waals surface area contributed by atoms with Gasteiger partial charge in [0.1, 0.15) is 18.1 Å². The number of aryl methyl sites for hydroxylation is 3. The Morgan fingerprint density at radius 3 is 2.81 bits per heavy atom. The third-order valence-corrected chi connectivity index (χ3v) is 4.44. The molecule has 3 aromatic rings. The van der Waals surface area contributed by atoms with Crippen LogP contribution in [0.1, 0.15) is 40.1 Å². The fraction of sp³-hybridized carbons (Fsp3) is 0.300. The van der Waals surface area contributed by atoms with E-state index in [1.807, 2.05) is 43.8 Å². The number of nitrogens with zero attached hydrogens (tertiary/aromatic N) is 2. The van der Waals surface area contributed by atoms with Gasteiger partial charge in [0.25, 0.3) is 5.91 Å². The zero-order chi connectivity index (χ0) is 19.4. The molecule has 0 aliphatic carbocycles. The van der Waals surface area contributed by atoms with E-state index in [9.17, 15) is 4.79 Å². The van der Waals surface area contributed by atoms with Gasteiger partial charge in [-0.05, 0) is 56.7 Å². The van der Waals surface area contributed by atoms with Gasteiger partial charge in [0.15, 0.2) is 5.76 Å². The topological polar surface area (TPSA) is 69.3 Å². The lowest BCUT2D eigenvalue weighted by molar-refractivity contribution is 0.0919. The smallest absolute Gasteiger partial charge is 0.287 e. The first-order chi connectivity index (χ1) is 13.0. The van der Waals surface area contributed by atoms with Gasteiger partial charge in [-0.2, -0.15) is 5.10 Å². The number of furan rings is 1. The van der Waals surface area contributed by atoms with Crippen molar-refractivity contribution in [1.82, 2.24) is 15.1 Å². The van der Waals surface area contributed by atoms with Gasteiger partial charge in [-0.3, -0.25) is 9.48 Å². The van der Waals surface area contributed by atoms with E-state index in [4.69, 9.17) is 20.8 Å². The quantitative estimate of drug-likeness (QED) is 0.657. The van der Waals surface area contributed by atoms with Crippen LogP contribution < -0.4 is 10.1 Å². The average molecular weight is 388 g/mol. The van der Waals surface area contributed by atoms with Crippen LogP contribution in [0.5, 0.6) is 5.75 Å². The van der Waals surface area contributed by atoms with Crippen molar-refractivity contribution in [2.45, 2.75) is 40.5 Å². The molecule has 27 heavy (non-hydrogen) atoms. The number of benzene rings is 1. The number of carbonyl (C=O) groups is 1. The summed E-state index contributed by atoms with van der Waals surface area (Å²) < 4.78 is 13.2. The number of ether oxygens (including phenoxy) is 1. The van der Waals surface area contributed by atoms with Gasteiger partial charge >= 0.3 is 0 Å². The fourth-order valence-corrected chi connectivity index (χ4v) is 2.89. The number of rotatable bonds is 7. The lowest BCUT2D eigenvalue weighted by atomic mass is 10.2. The molecule has 0 aliphatic heterocycles. The lowest BCUT2D eigenvalue weighted by Crippen LogP contribution is -2.22. The SMILES string of the molecule is CCn1cc(CNC(=O)c2ccc(COc3ccc(Cl)cc3C)o2)c(C)n1. The molecule has 3 rings (SSSR count). The Balaban J connectivity index is 1.56. The molecule has 6 nitrogen and oxygen atoms in total. The van der Waals surface area contributed by atoms with Crippen molar-refractivity contribution in [1.29, 1.82) is 0 Å². The summed E-state index contributed by atoms with van der Waals surface area (Å²) in [5, 5.41) is 7.88. The summed E-state index contributed by atoms with van der Waals surface area (Å²) in [4.78, 5) is 12.3. The van der Waals surface area contributed by atoms with Crippen molar-refractivity contribution in [2.24, 2.45) is 0 Å². The van der Waals surface area contributed by atoms with Crippen LogP contribution >= 0.6 is 11.6 Å². The zero-order valence-corrected chi connectivity index (χ0v) is 16.3. The third-order valence-electron chi connectivity index (χ3n) is 4.20. The summed E-state index contributed by atoms with van der Waals surface area (Å²) in [5.41, 5.74) is 2.83. The number of nitrogens with one attached hydrogen (secondary N) is 1. The Morgan fingerprint density at radius 2 is 2.11 bits per heavy atom. The van der Waals surface area contributed by atoms with Gasteiger partial charge in [-0.1, -0.05) is 11.6 Å². The van der Waals surface area contributed by atoms with Crippen LogP contribution in [0.15, 0.2) is 40.9 Å². The van der Waals surface area contributed by atoms with Crippen LogP contribution in [0, 0.1) is 13.8 Å². The molecular formula is C20H22ClN3O3. The summed E-state index contributed by atoms with van der Waals surface area (Å²) in [5.74, 6) is 1.28. The molecule has 1 aromatic carbocycles. The maximum absolute atomic E-state index is 12.3. The second kappa shape index (κ2) is 8.31. The van der Waals surface area contributed by atoms with Crippen molar-refractivity contribution in [3.05, 3.63) is 69.9 Å². The van der Waals surface area contributed by atoms with Gasteiger partial charge in [-0.15, -0.1) is 0 Å². The molecule has 0 aliphatic rings. The minimum atomic E-state index is -0.271. The van der Waals surface area contributed by atoms with E-state index in [1.54, 1.807) is 18.2 Å². The van der Waals surface area contributed by atoms with E-state index in [-0.39, 0.29) is 18.3 Å². The first-order valence-corrected chi connectivity index (χ1v) is 9.13. The van der Waals surface area contributed by atoms with Crippen molar-refractivity contribution in [3.8, 4) is 5.75 Å². The van der Waals surface area contributed by atoms with Gasteiger partial charge in [-0.25, -0.2) is 0 Å². The van der Waals surface area contributed by atoms with E-state index in [1.165, 1.54) is 0 Å². The van der Waals surface area contributed by atoms with E-state index in [0.29, 0.717) is 17.3 Å². The first kappa shape index (κ1) is 19.0. The summed E-state index contributed by atoms with van der Waals surface area (Å²) in [6, 6.07) is 8.80. The van der Waals surface area contributed by atoms with Crippen LogP contribution in [-0.2, 0) is 19.7 Å². The molecule has 0 unspecified atom stereocenters.